The highest BCUT2D eigenvalue weighted by Crippen LogP contribution is 2.26. The summed E-state index contributed by atoms with van der Waals surface area (Å²) in [5.41, 5.74) is 0.881. The first-order chi connectivity index (χ1) is 9.31. The summed E-state index contributed by atoms with van der Waals surface area (Å²) in [5, 5.41) is 9.95. The highest BCUT2D eigenvalue weighted by Gasteiger charge is 2.13. The van der Waals surface area contributed by atoms with Gasteiger partial charge >= 0.3 is 0 Å². The molecule has 106 valence electrons. The SMILES string of the molecule is CC[C@H](O)c1ccccc1OCCN1CCOCC1. The minimum absolute atomic E-state index is 0.445. The van der Waals surface area contributed by atoms with Crippen molar-refractivity contribution in [1.82, 2.24) is 4.90 Å². The van der Waals surface area contributed by atoms with Gasteiger partial charge in [-0.05, 0) is 12.5 Å². The van der Waals surface area contributed by atoms with E-state index in [2.05, 4.69) is 4.90 Å². The molecule has 1 aromatic carbocycles. The number of hydrogen-bond donors (Lipinski definition) is 1. The van der Waals surface area contributed by atoms with Crippen LogP contribution < -0.4 is 4.74 Å². The third kappa shape index (κ3) is 4.20. The van der Waals surface area contributed by atoms with Crippen LogP contribution in [0.5, 0.6) is 5.75 Å². The largest absolute Gasteiger partial charge is 0.492 e. The first-order valence-electron chi connectivity index (χ1n) is 7.01. The number of hydrogen-bond acceptors (Lipinski definition) is 4. The van der Waals surface area contributed by atoms with Gasteiger partial charge in [0.1, 0.15) is 12.4 Å². The Morgan fingerprint density at radius 1 is 1.32 bits per heavy atom. The van der Waals surface area contributed by atoms with Gasteiger partial charge in [0.25, 0.3) is 0 Å². The van der Waals surface area contributed by atoms with E-state index in [9.17, 15) is 5.11 Å². The Balaban J connectivity index is 1.84. The number of benzene rings is 1. The molecule has 1 fully saturated rings. The number of rotatable bonds is 6. The maximum Gasteiger partial charge on any atom is 0.125 e. The Bertz CT molecular complexity index is 377. The van der Waals surface area contributed by atoms with Crippen molar-refractivity contribution >= 4 is 0 Å². The number of aliphatic hydroxyl groups is 1. The molecule has 0 amide bonds. The average Bonchev–Trinajstić information content (AvgIpc) is 2.48. The predicted octanol–water partition coefficient (Wildman–Crippen LogP) is 1.84. The number of nitrogens with zero attached hydrogens (tertiary/aromatic N) is 1. The standard InChI is InChI=1S/C15H23NO3/c1-2-14(17)13-5-3-4-6-15(13)19-12-9-16-7-10-18-11-8-16/h3-6,14,17H,2,7-12H2,1H3/t14-/m0/s1. The van der Waals surface area contributed by atoms with E-state index in [4.69, 9.17) is 9.47 Å². The zero-order chi connectivity index (χ0) is 13.5. The van der Waals surface area contributed by atoms with Crippen LogP contribution in [0.4, 0.5) is 0 Å². The predicted molar refractivity (Wildman–Crippen MR) is 74.4 cm³/mol. The molecule has 0 aromatic heterocycles. The van der Waals surface area contributed by atoms with E-state index in [-0.39, 0.29) is 0 Å². The van der Waals surface area contributed by atoms with Gasteiger partial charge in [0.2, 0.25) is 0 Å². The lowest BCUT2D eigenvalue weighted by atomic mass is 10.1. The van der Waals surface area contributed by atoms with Crippen LogP contribution in [0.15, 0.2) is 24.3 Å². The van der Waals surface area contributed by atoms with Gasteiger partial charge in [-0.1, -0.05) is 25.1 Å². The van der Waals surface area contributed by atoms with Crippen molar-refractivity contribution < 1.29 is 14.6 Å². The van der Waals surface area contributed by atoms with Crippen molar-refractivity contribution in [3.05, 3.63) is 29.8 Å². The molecule has 4 heteroatoms. The molecule has 1 aromatic rings. The van der Waals surface area contributed by atoms with Crippen LogP contribution in [0.1, 0.15) is 25.0 Å². The molecule has 0 spiro atoms. The van der Waals surface area contributed by atoms with Gasteiger partial charge < -0.3 is 14.6 Å². The first-order valence-corrected chi connectivity index (χ1v) is 7.01. The molecule has 4 nitrogen and oxygen atoms in total. The van der Waals surface area contributed by atoms with Gasteiger partial charge in [0.05, 0.1) is 19.3 Å². The summed E-state index contributed by atoms with van der Waals surface area (Å²) in [6.45, 7) is 7.09. The average molecular weight is 265 g/mol. The second-order valence-electron chi connectivity index (χ2n) is 4.76. The fraction of sp³-hybridized carbons (Fsp3) is 0.600. The van der Waals surface area contributed by atoms with Crippen LogP contribution in [0.25, 0.3) is 0 Å². The van der Waals surface area contributed by atoms with E-state index in [1.807, 2.05) is 31.2 Å². The first kappa shape index (κ1) is 14.3. The van der Waals surface area contributed by atoms with Crippen molar-refractivity contribution in [2.24, 2.45) is 0 Å². The van der Waals surface area contributed by atoms with Crippen LogP contribution in [0.3, 0.4) is 0 Å². The zero-order valence-corrected chi connectivity index (χ0v) is 11.5. The molecule has 1 aliphatic rings. The van der Waals surface area contributed by atoms with E-state index >= 15 is 0 Å². The second-order valence-corrected chi connectivity index (χ2v) is 4.76. The molecule has 0 saturated carbocycles. The second kappa shape index (κ2) is 7.48. The molecular formula is C15H23NO3. The van der Waals surface area contributed by atoms with Crippen LogP contribution in [0.2, 0.25) is 0 Å². The lowest BCUT2D eigenvalue weighted by molar-refractivity contribution is 0.0320. The Morgan fingerprint density at radius 3 is 2.79 bits per heavy atom. The third-order valence-electron chi connectivity index (χ3n) is 3.43. The van der Waals surface area contributed by atoms with E-state index in [1.165, 1.54) is 0 Å². The summed E-state index contributed by atoms with van der Waals surface area (Å²) in [7, 11) is 0. The van der Waals surface area contributed by atoms with Gasteiger partial charge in [-0.2, -0.15) is 0 Å². The minimum Gasteiger partial charge on any atom is -0.492 e. The van der Waals surface area contributed by atoms with Crippen LogP contribution in [0, 0.1) is 0 Å². The van der Waals surface area contributed by atoms with Crippen molar-refractivity contribution in [2.45, 2.75) is 19.4 Å². The smallest absolute Gasteiger partial charge is 0.125 e. The Labute approximate surface area is 114 Å². The molecule has 1 aliphatic heterocycles. The number of para-hydroxylation sites is 1. The molecule has 1 N–H and O–H groups in total. The van der Waals surface area contributed by atoms with E-state index in [1.54, 1.807) is 0 Å². The van der Waals surface area contributed by atoms with Crippen molar-refractivity contribution in [3.63, 3.8) is 0 Å². The molecule has 0 aliphatic carbocycles. The Hall–Kier alpha value is -1.10. The zero-order valence-electron chi connectivity index (χ0n) is 11.5. The van der Waals surface area contributed by atoms with Gasteiger partial charge in [-0.3, -0.25) is 4.90 Å². The molecule has 19 heavy (non-hydrogen) atoms. The lowest BCUT2D eigenvalue weighted by Gasteiger charge is -2.26. The molecule has 1 heterocycles. The van der Waals surface area contributed by atoms with E-state index < -0.39 is 6.10 Å². The normalized spacial score (nSPS) is 18.2. The number of ether oxygens (including phenoxy) is 2. The fourth-order valence-electron chi connectivity index (χ4n) is 2.22. The van der Waals surface area contributed by atoms with Crippen LogP contribution in [-0.4, -0.2) is 49.5 Å². The van der Waals surface area contributed by atoms with Gasteiger partial charge in [-0.25, -0.2) is 0 Å². The quantitative estimate of drug-likeness (QED) is 0.852. The molecule has 0 unspecified atom stereocenters. The number of morpholine rings is 1. The Kier molecular flexibility index (Phi) is 5.63. The molecule has 0 radical (unpaired) electrons. The minimum atomic E-state index is -0.445. The summed E-state index contributed by atoms with van der Waals surface area (Å²) in [6.07, 6.45) is 0.253. The highest BCUT2D eigenvalue weighted by atomic mass is 16.5. The fourth-order valence-corrected chi connectivity index (χ4v) is 2.22. The highest BCUT2D eigenvalue weighted by molar-refractivity contribution is 5.34. The Morgan fingerprint density at radius 2 is 2.05 bits per heavy atom. The van der Waals surface area contributed by atoms with E-state index in [0.29, 0.717) is 13.0 Å². The van der Waals surface area contributed by atoms with Crippen LogP contribution >= 0.6 is 0 Å². The van der Waals surface area contributed by atoms with Crippen LogP contribution in [-0.2, 0) is 4.74 Å². The summed E-state index contributed by atoms with van der Waals surface area (Å²) in [6, 6.07) is 7.73. The van der Waals surface area contributed by atoms with Crippen molar-refractivity contribution in [2.75, 3.05) is 39.5 Å². The summed E-state index contributed by atoms with van der Waals surface area (Å²) in [5.74, 6) is 0.796. The topological polar surface area (TPSA) is 41.9 Å². The molecule has 1 saturated heterocycles. The maximum atomic E-state index is 9.95. The maximum absolute atomic E-state index is 9.95. The summed E-state index contributed by atoms with van der Waals surface area (Å²) in [4.78, 5) is 2.34. The molecule has 0 bridgehead atoms. The summed E-state index contributed by atoms with van der Waals surface area (Å²) < 4.78 is 11.1. The van der Waals surface area contributed by atoms with Crippen molar-refractivity contribution in [1.29, 1.82) is 0 Å². The van der Waals surface area contributed by atoms with Crippen molar-refractivity contribution in [3.8, 4) is 5.75 Å². The monoisotopic (exact) mass is 265 g/mol. The van der Waals surface area contributed by atoms with Gasteiger partial charge in [-0.15, -0.1) is 0 Å². The molecule has 1 atom stereocenters. The lowest BCUT2D eigenvalue weighted by Crippen LogP contribution is -2.38. The third-order valence-corrected chi connectivity index (χ3v) is 3.43. The van der Waals surface area contributed by atoms with Gasteiger partial charge in [0, 0.05) is 25.2 Å². The number of aliphatic hydroxyl groups excluding tert-OH is 1. The van der Waals surface area contributed by atoms with Gasteiger partial charge in [0.15, 0.2) is 0 Å². The molecular weight excluding hydrogens is 242 g/mol. The van der Waals surface area contributed by atoms with E-state index in [0.717, 1.165) is 44.2 Å². The summed E-state index contributed by atoms with van der Waals surface area (Å²) >= 11 is 0. The molecule has 2 rings (SSSR count).